The first kappa shape index (κ1) is 22.8. The average molecular weight is 458 g/mol. The SMILES string of the molecule is CC(C)(C)OC(=O)Nc1cc(NC(=O)c2cc(-c3cccnc3)nc3ccccc23)ccc1F. The van der Waals surface area contributed by atoms with Crippen LogP contribution in [-0.4, -0.2) is 27.6 Å². The zero-order chi connectivity index (χ0) is 24.3. The summed E-state index contributed by atoms with van der Waals surface area (Å²) in [5.74, 6) is -1.06. The van der Waals surface area contributed by atoms with E-state index in [1.807, 2.05) is 30.3 Å². The number of fused-ring (bicyclic) bond motifs is 1. The van der Waals surface area contributed by atoms with Gasteiger partial charge in [0.25, 0.3) is 5.91 Å². The Labute approximate surface area is 196 Å². The molecule has 0 aliphatic rings. The van der Waals surface area contributed by atoms with Crippen molar-refractivity contribution in [2.45, 2.75) is 26.4 Å². The van der Waals surface area contributed by atoms with Crippen molar-refractivity contribution >= 4 is 34.3 Å². The molecule has 0 fully saturated rings. The lowest BCUT2D eigenvalue weighted by Gasteiger charge is -2.20. The Hall–Kier alpha value is -4.33. The fourth-order valence-electron chi connectivity index (χ4n) is 3.34. The lowest BCUT2D eigenvalue weighted by atomic mass is 10.0. The molecule has 7 nitrogen and oxygen atoms in total. The molecule has 8 heteroatoms. The third-order valence-corrected chi connectivity index (χ3v) is 4.78. The molecule has 2 aromatic heterocycles. The number of rotatable bonds is 4. The number of pyridine rings is 2. The number of carbonyl (C=O) groups is 2. The van der Waals surface area contributed by atoms with E-state index in [1.54, 1.807) is 45.3 Å². The molecule has 2 heterocycles. The summed E-state index contributed by atoms with van der Waals surface area (Å²) < 4.78 is 19.4. The van der Waals surface area contributed by atoms with Gasteiger partial charge >= 0.3 is 6.09 Å². The Morgan fingerprint density at radius 2 is 1.76 bits per heavy atom. The standard InChI is InChI=1S/C26H23FN4O3/c1-26(2,3)34-25(33)31-23-13-17(10-11-20(23)27)29-24(32)19-14-22(16-7-6-12-28-15-16)30-21-9-5-4-8-18(19)21/h4-15H,1-3H3,(H,29,32)(H,31,33). The molecule has 0 aliphatic heterocycles. The van der Waals surface area contributed by atoms with E-state index in [-0.39, 0.29) is 5.69 Å². The van der Waals surface area contributed by atoms with Crippen molar-refractivity contribution in [3.8, 4) is 11.3 Å². The fraction of sp³-hybridized carbons (Fsp3) is 0.154. The summed E-state index contributed by atoms with van der Waals surface area (Å²) in [6.45, 7) is 5.12. The molecule has 34 heavy (non-hydrogen) atoms. The molecule has 0 atom stereocenters. The highest BCUT2D eigenvalue weighted by atomic mass is 19.1. The number of amides is 2. The highest BCUT2D eigenvalue weighted by Gasteiger charge is 2.19. The Balaban J connectivity index is 1.64. The highest BCUT2D eigenvalue weighted by molar-refractivity contribution is 6.13. The van der Waals surface area contributed by atoms with Gasteiger partial charge in [-0.3, -0.25) is 15.1 Å². The lowest BCUT2D eigenvalue weighted by molar-refractivity contribution is 0.0635. The second-order valence-corrected chi connectivity index (χ2v) is 8.59. The molecule has 0 bridgehead atoms. The summed E-state index contributed by atoms with van der Waals surface area (Å²) in [4.78, 5) is 34.1. The third kappa shape index (κ3) is 5.35. The van der Waals surface area contributed by atoms with Crippen LogP contribution < -0.4 is 10.6 Å². The van der Waals surface area contributed by atoms with E-state index >= 15 is 0 Å². The highest BCUT2D eigenvalue weighted by Crippen LogP contribution is 2.26. The van der Waals surface area contributed by atoms with Crippen LogP contribution in [0.2, 0.25) is 0 Å². The van der Waals surface area contributed by atoms with Crippen LogP contribution in [0.1, 0.15) is 31.1 Å². The first-order chi connectivity index (χ1) is 16.2. The molecule has 4 aromatic rings. The molecule has 0 saturated heterocycles. The van der Waals surface area contributed by atoms with Crippen LogP contribution >= 0.6 is 0 Å². The maximum atomic E-state index is 14.3. The number of ether oxygens (including phenoxy) is 1. The number of hydrogen-bond donors (Lipinski definition) is 2. The average Bonchev–Trinajstić information content (AvgIpc) is 2.80. The number of aromatic nitrogens is 2. The number of carbonyl (C=O) groups excluding carboxylic acids is 2. The van der Waals surface area contributed by atoms with Gasteiger partial charge in [-0.1, -0.05) is 18.2 Å². The van der Waals surface area contributed by atoms with Crippen LogP contribution in [0.5, 0.6) is 0 Å². The van der Waals surface area contributed by atoms with Gasteiger partial charge in [0.1, 0.15) is 11.4 Å². The van der Waals surface area contributed by atoms with E-state index in [1.165, 1.54) is 12.1 Å². The fourth-order valence-corrected chi connectivity index (χ4v) is 3.34. The van der Waals surface area contributed by atoms with Gasteiger partial charge in [-0.2, -0.15) is 0 Å². The van der Waals surface area contributed by atoms with Crippen molar-refractivity contribution in [2.75, 3.05) is 10.6 Å². The second-order valence-electron chi connectivity index (χ2n) is 8.59. The molecule has 172 valence electrons. The predicted octanol–water partition coefficient (Wildman–Crippen LogP) is 6.04. The van der Waals surface area contributed by atoms with Gasteiger partial charge in [-0.15, -0.1) is 0 Å². The summed E-state index contributed by atoms with van der Waals surface area (Å²) >= 11 is 0. The van der Waals surface area contributed by atoms with Gasteiger partial charge < -0.3 is 10.1 Å². The number of halogens is 1. The molecule has 2 amide bonds. The molecule has 0 aliphatic carbocycles. The minimum atomic E-state index is -0.795. The monoisotopic (exact) mass is 458 g/mol. The number of hydrogen-bond acceptors (Lipinski definition) is 5. The molecular formula is C26H23FN4O3. The topological polar surface area (TPSA) is 93.2 Å². The van der Waals surface area contributed by atoms with Gasteiger partial charge in [0, 0.05) is 29.0 Å². The van der Waals surface area contributed by atoms with E-state index in [4.69, 9.17) is 4.74 Å². The van der Waals surface area contributed by atoms with Crippen LogP contribution in [0.3, 0.4) is 0 Å². The number of benzene rings is 2. The summed E-state index contributed by atoms with van der Waals surface area (Å²) in [6, 6.07) is 16.6. The van der Waals surface area contributed by atoms with Crippen LogP contribution in [0, 0.1) is 5.82 Å². The van der Waals surface area contributed by atoms with Crippen LogP contribution in [0.15, 0.2) is 73.1 Å². The van der Waals surface area contributed by atoms with Crippen LogP contribution in [0.4, 0.5) is 20.6 Å². The van der Waals surface area contributed by atoms with Crippen molar-refractivity contribution in [1.29, 1.82) is 0 Å². The number of nitrogens with one attached hydrogen (secondary N) is 2. The van der Waals surface area contributed by atoms with E-state index < -0.39 is 23.4 Å². The largest absolute Gasteiger partial charge is 0.444 e. The second kappa shape index (κ2) is 9.27. The van der Waals surface area contributed by atoms with E-state index in [9.17, 15) is 14.0 Å². The zero-order valence-electron chi connectivity index (χ0n) is 18.9. The summed E-state index contributed by atoms with van der Waals surface area (Å²) in [5, 5.41) is 5.82. The third-order valence-electron chi connectivity index (χ3n) is 4.78. The summed E-state index contributed by atoms with van der Waals surface area (Å²) in [5.41, 5.74) is 1.89. The maximum absolute atomic E-state index is 14.3. The van der Waals surface area contributed by atoms with Gasteiger partial charge in [-0.25, -0.2) is 14.2 Å². The molecule has 0 radical (unpaired) electrons. The molecule has 0 saturated carbocycles. The number of anilines is 2. The Kier molecular flexibility index (Phi) is 6.23. The normalized spacial score (nSPS) is 11.2. The van der Waals surface area contributed by atoms with E-state index in [2.05, 4.69) is 20.6 Å². The lowest BCUT2D eigenvalue weighted by Crippen LogP contribution is -2.27. The first-order valence-corrected chi connectivity index (χ1v) is 10.6. The number of para-hydroxylation sites is 1. The molecule has 0 unspecified atom stereocenters. The van der Waals surface area contributed by atoms with Crippen molar-refractivity contribution in [3.63, 3.8) is 0 Å². The Morgan fingerprint density at radius 1 is 0.971 bits per heavy atom. The van der Waals surface area contributed by atoms with Crippen molar-refractivity contribution in [2.24, 2.45) is 0 Å². The number of nitrogens with zero attached hydrogens (tertiary/aromatic N) is 2. The Bertz CT molecular complexity index is 1370. The van der Waals surface area contributed by atoms with E-state index in [0.29, 0.717) is 27.8 Å². The smallest absolute Gasteiger partial charge is 0.412 e. The molecule has 0 spiro atoms. The van der Waals surface area contributed by atoms with Crippen molar-refractivity contribution in [1.82, 2.24) is 9.97 Å². The van der Waals surface area contributed by atoms with Crippen LogP contribution in [-0.2, 0) is 4.74 Å². The maximum Gasteiger partial charge on any atom is 0.412 e. The minimum absolute atomic E-state index is 0.109. The summed E-state index contributed by atoms with van der Waals surface area (Å²) in [6.07, 6.45) is 2.54. The summed E-state index contributed by atoms with van der Waals surface area (Å²) in [7, 11) is 0. The van der Waals surface area contributed by atoms with Crippen molar-refractivity contribution in [3.05, 3.63) is 84.4 Å². The molecule has 4 rings (SSSR count). The van der Waals surface area contributed by atoms with E-state index in [0.717, 1.165) is 11.6 Å². The molecule has 2 aromatic carbocycles. The predicted molar refractivity (Wildman–Crippen MR) is 129 cm³/mol. The van der Waals surface area contributed by atoms with Crippen molar-refractivity contribution < 1.29 is 18.7 Å². The Morgan fingerprint density at radius 3 is 2.50 bits per heavy atom. The van der Waals surface area contributed by atoms with Gasteiger partial charge in [-0.05, 0) is 63.2 Å². The quantitative estimate of drug-likeness (QED) is 0.389. The molecular weight excluding hydrogens is 435 g/mol. The molecule has 2 N–H and O–H groups in total. The van der Waals surface area contributed by atoms with Gasteiger partial charge in [0.2, 0.25) is 0 Å². The minimum Gasteiger partial charge on any atom is -0.444 e. The van der Waals surface area contributed by atoms with Crippen LogP contribution in [0.25, 0.3) is 22.2 Å². The van der Waals surface area contributed by atoms with Gasteiger partial charge in [0.15, 0.2) is 0 Å². The first-order valence-electron chi connectivity index (χ1n) is 10.6. The van der Waals surface area contributed by atoms with Gasteiger partial charge in [0.05, 0.1) is 22.5 Å². The zero-order valence-corrected chi connectivity index (χ0v) is 18.9.